The molecule has 2 aromatic carbocycles. The highest BCUT2D eigenvalue weighted by Crippen LogP contribution is 2.20. The molecular weight excluding hydrogens is 451 g/mol. The molecule has 0 unspecified atom stereocenters. The summed E-state index contributed by atoms with van der Waals surface area (Å²) in [5, 5.41) is 8.85. The number of carbonyl (C=O) groups excluding carboxylic acids is 1. The molecular formula is C25H25FN6O3. The molecule has 1 aliphatic heterocycles. The zero-order chi connectivity index (χ0) is 24.4. The lowest BCUT2D eigenvalue weighted by molar-refractivity contribution is -0.130. The lowest BCUT2D eigenvalue weighted by atomic mass is 10.1. The zero-order valence-electron chi connectivity index (χ0n) is 19.3. The van der Waals surface area contributed by atoms with Gasteiger partial charge in [0.2, 0.25) is 5.91 Å². The number of fused-ring (bicyclic) bond motifs is 1. The van der Waals surface area contributed by atoms with Gasteiger partial charge in [0.25, 0.3) is 5.56 Å². The van der Waals surface area contributed by atoms with Crippen molar-refractivity contribution in [3.05, 3.63) is 70.9 Å². The highest BCUT2D eigenvalue weighted by atomic mass is 19.1. The number of hydrogen-bond acceptors (Lipinski definition) is 6. The average molecular weight is 477 g/mol. The van der Waals surface area contributed by atoms with Gasteiger partial charge in [-0.05, 0) is 48.5 Å². The van der Waals surface area contributed by atoms with Crippen LogP contribution in [0.4, 0.5) is 4.39 Å². The van der Waals surface area contributed by atoms with Crippen molar-refractivity contribution < 1.29 is 13.9 Å². The topological polar surface area (TPSA) is 96.3 Å². The van der Waals surface area contributed by atoms with Crippen molar-refractivity contribution in [2.75, 3.05) is 39.3 Å². The number of amides is 1. The van der Waals surface area contributed by atoms with Crippen LogP contribution in [0.2, 0.25) is 0 Å². The fourth-order valence-electron chi connectivity index (χ4n) is 4.16. The molecule has 10 heteroatoms. The molecule has 35 heavy (non-hydrogen) atoms. The molecule has 1 amide bonds. The van der Waals surface area contributed by atoms with Crippen molar-refractivity contribution in [1.82, 2.24) is 29.8 Å². The van der Waals surface area contributed by atoms with Crippen molar-refractivity contribution in [2.45, 2.75) is 6.92 Å². The lowest BCUT2D eigenvalue weighted by Crippen LogP contribution is -2.48. The molecule has 180 valence electrons. The summed E-state index contributed by atoms with van der Waals surface area (Å²) in [7, 11) is 0. The minimum absolute atomic E-state index is 0.125. The lowest BCUT2D eigenvalue weighted by Gasteiger charge is -2.34. The van der Waals surface area contributed by atoms with Crippen LogP contribution in [0.5, 0.6) is 5.75 Å². The highest BCUT2D eigenvalue weighted by molar-refractivity contribution is 5.82. The number of pyridine rings is 1. The first-order valence-electron chi connectivity index (χ1n) is 11.4. The Morgan fingerprint density at radius 2 is 1.86 bits per heavy atom. The van der Waals surface area contributed by atoms with Gasteiger partial charge in [0.1, 0.15) is 23.9 Å². The van der Waals surface area contributed by atoms with Crippen molar-refractivity contribution in [3.8, 4) is 22.7 Å². The SMILES string of the molecule is CC(=O)N1CCN(CCOc2ccc(-n3cc(-c4cc5cc(F)ccc5[nH]c4=O)nn3)cc2)CC1. The number of nitrogens with one attached hydrogen (secondary N) is 1. The van der Waals surface area contributed by atoms with E-state index >= 15 is 0 Å². The quantitative estimate of drug-likeness (QED) is 0.459. The van der Waals surface area contributed by atoms with Crippen LogP contribution in [0.15, 0.2) is 59.5 Å². The van der Waals surface area contributed by atoms with Crippen LogP contribution in [0.25, 0.3) is 27.8 Å². The van der Waals surface area contributed by atoms with Crippen molar-refractivity contribution in [2.24, 2.45) is 0 Å². The molecule has 0 saturated carbocycles. The van der Waals surface area contributed by atoms with E-state index in [9.17, 15) is 14.0 Å². The Hall–Kier alpha value is -4.05. The van der Waals surface area contributed by atoms with E-state index in [4.69, 9.17) is 4.74 Å². The summed E-state index contributed by atoms with van der Waals surface area (Å²) in [4.78, 5) is 30.8. The number of nitrogens with zero attached hydrogens (tertiary/aromatic N) is 5. The number of aromatic amines is 1. The van der Waals surface area contributed by atoms with Crippen molar-refractivity contribution in [1.29, 1.82) is 0 Å². The molecule has 1 saturated heterocycles. The second-order valence-corrected chi connectivity index (χ2v) is 8.48. The number of H-pyrrole nitrogens is 1. The van der Waals surface area contributed by atoms with E-state index in [-0.39, 0.29) is 17.3 Å². The molecule has 0 bridgehead atoms. The number of ether oxygens (including phenoxy) is 1. The number of benzene rings is 2. The summed E-state index contributed by atoms with van der Waals surface area (Å²) in [6.45, 7) is 6.17. The number of aromatic nitrogens is 4. The van der Waals surface area contributed by atoms with E-state index in [0.717, 1.165) is 44.2 Å². The molecule has 0 radical (unpaired) electrons. The smallest absolute Gasteiger partial charge is 0.258 e. The van der Waals surface area contributed by atoms with Crippen molar-refractivity contribution >= 4 is 16.8 Å². The summed E-state index contributed by atoms with van der Waals surface area (Å²) in [6.07, 6.45) is 1.66. The second kappa shape index (κ2) is 9.67. The molecule has 9 nitrogen and oxygen atoms in total. The Morgan fingerprint density at radius 3 is 2.60 bits per heavy atom. The summed E-state index contributed by atoms with van der Waals surface area (Å²) >= 11 is 0. The minimum atomic E-state index is -0.378. The van der Waals surface area contributed by atoms with Crippen LogP contribution in [0, 0.1) is 5.82 Å². The van der Waals surface area contributed by atoms with E-state index in [1.54, 1.807) is 23.9 Å². The predicted octanol–water partition coefficient (Wildman–Crippen LogP) is 2.46. The maximum absolute atomic E-state index is 13.6. The van der Waals surface area contributed by atoms with Gasteiger partial charge in [-0.15, -0.1) is 5.10 Å². The molecule has 0 aliphatic carbocycles. The van der Waals surface area contributed by atoms with Gasteiger partial charge < -0.3 is 14.6 Å². The molecule has 5 rings (SSSR count). The molecule has 4 aromatic rings. The van der Waals surface area contributed by atoms with Crippen LogP contribution in [-0.4, -0.2) is 75.0 Å². The Labute approximate surface area is 200 Å². The van der Waals surface area contributed by atoms with Crippen molar-refractivity contribution in [3.63, 3.8) is 0 Å². The van der Waals surface area contributed by atoms with Crippen LogP contribution < -0.4 is 10.3 Å². The average Bonchev–Trinajstić information content (AvgIpc) is 3.35. The van der Waals surface area contributed by atoms with Crippen LogP contribution in [0.1, 0.15) is 6.92 Å². The summed E-state index contributed by atoms with van der Waals surface area (Å²) in [6, 6.07) is 13.3. The van der Waals surface area contributed by atoms with Gasteiger partial charge in [0.15, 0.2) is 0 Å². The number of hydrogen-bond donors (Lipinski definition) is 1. The van der Waals surface area contributed by atoms with E-state index in [0.29, 0.717) is 28.8 Å². The Morgan fingerprint density at radius 1 is 1.09 bits per heavy atom. The predicted molar refractivity (Wildman–Crippen MR) is 129 cm³/mol. The molecule has 1 N–H and O–H groups in total. The summed E-state index contributed by atoms with van der Waals surface area (Å²) in [5.41, 5.74) is 1.71. The third-order valence-corrected chi connectivity index (χ3v) is 6.17. The van der Waals surface area contributed by atoms with Crippen LogP contribution >= 0.6 is 0 Å². The van der Waals surface area contributed by atoms with Crippen LogP contribution in [-0.2, 0) is 4.79 Å². The maximum atomic E-state index is 13.6. The maximum Gasteiger partial charge on any atom is 0.258 e. The Bertz CT molecular complexity index is 1410. The number of piperazine rings is 1. The minimum Gasteiger partial charge on any atom is -0.492 e. The fraction of sp³-hybridized carbons (Fsp3) is 0.280. The number of carbonyl (C=O) groups is 1. The first kappa shape index (κ1) is 22.7. The summed E-state index contributed by atoms with van der Waals surface area (Å²) in [5.74, 6) is 0.487. The second-order valence-electron chi connectivity index (χ2n) is 8.48. The van der Waals surface area contributed by atoms with Gasteiger partial charge in [-0.3, -0.25) is 14.5 Å². The monoisotopic (exact) mass is 476 g/mol. The van der Waals surface area contributed by atoms with Gasteiger partial charge in [-0.25, -0.2) is 9.07 Å². The largest absolute Gasteiger partial charge is 0.492 e. The first-order valence-corrected chi connectivity index (χ1v) is 11.4. The van der Waals surface area contributed by atoms with Gasteiger partial charge in [0, 0.05) is 50.6 Å². The highest BCUT2D eigenvalue weighted by Gasteiger charge is 2.18. The van der Waals surface area contributed by atoms with Crippen LogP contribution in [0.3, 0.4) is 0 Å². The number of halogens is 1. The van der Waals surface area contributed by atoms with Gasteiger partial charge in [-0.1, -0.05) is 5.21 Å². The standard InChI is InChI=1S/C25H25FN6O3/c1-17(33)31-10-8-30(9-11-31)12-13-35-21-5-3-20(4-6-21)32-16-24(28-29-32)22-15-18-14-19(26)2-7-23(18)27-25(22)34/h2-7,14-16H,8-13H2,1H3,(H,27,34). The van der Waals surface area contributed by atoms with Gasteiger partial charge in [0.05, 0.1) is 17.4 Å². The van der Waals surface area contributed by atoms with E-state index in [1.807, 2.05) is 29.2 Å². The molecule has 1 aliphatic rings. The molecule has 2 aromatic heterocycles. The van der Waals surface area contributed by atoms with Gasteiger partial charge >= 0.3 is 0 Å². The zero-order valence-corrected chi connectivity index (χ0v) is 19.3. The third kappa shape index (κ3) is 5.07. The molecule has 1 fully saturated rings. The molecule has 0 spiro atoms. The van der Waals surface area contributed by atoms with E-state index < -0.39 is 0 Å². The summed E-state index contributed by atoms with van der Waals surface area (Å²) < 4.78 is 21.0. The fourth-order valence-corrected chi connectivity index (χ4v) is 4.16. The Kier molecular flexibility index (Phi) is 6.28. The van der Waals surface area contributed by atoms with E-state index in [1.165, 1.54) is 18.2 Å². The molecule has 3 heterocycles. The van der Waals surface area contributed by atoms with E-state index in [2.05, 4.69) is 20.2 Å². The normalized spacial score (nSPS) is 14.4. The molecule has 0 atom stereocenters. The van der Waals surface area contributed by atoms with Gasteiger partial charge in [-0.2, -0.15) is 0 Å². The third-order valence-electron chi connectivity index (χ3n) is 6.17. The Balaban J connectivity index is 1.21. The first-order chi connectivity index (χ1) is 17.0. The number of rotatable bonds is 6.